The lowest BCUT2D eigenvalue weighted by Crippen LogP contribution is -2.11. The van der Waals surface area contributed by atoms with E-state index < -0.39 is 0 Å². The Morgan fingerprint density at radius 3 is 1.93 bits per heavy atom. The van der Waals surface area contributed by atoms with Crippen LogP contribution in [0.3, 0.4) is 0 Å². The van der Waals surface area contributed by atoms with Gasteiger partial charge in [0.1, 0.15) is 0 Å². The molecular weight excluding hydrogens is 182 g/mol. The van der Waals surface area contributed by atoms with Gasteiger partial charge in [-0.05, 0) is 18.1 Å². The second-order valence-electron chi connectivity index (χ2n) is 3.80. The van der Waals surface area contributed by atoms with Gasteiger partial charge in [-0.3, -0.25) is 0 Å². The second kappa shape index (κ2) is 4.28. The van der Waals surface area contributed by atoms with Crippen LogP contribution in [0.1, 0.15) is 22.7 Å². The van der Waals surface area contributed by atoms with Crippen molar-refractivity contribution in [1.29, 1.82) is 0 Å². The Morgan fingerprint density at radius 1 is 0.800 bits per heavy atom. The fourth-order valence-electron chi connectivity index (χ4n) is 1.63. The average molecular weight is 197 g/mol. The van der Waals surface area contributed by atoms with E-state index in [4.69, 9.17) is 5.73 Å². The van der Waals surface area contributed by atoms with Crippen LogP contribution in [0.2, 0.25) is 0 Å². The summed E-state index contributed by atoms with van der Waals surface area (Å²) in [5, 5.41) is 0. The van der Waals surface area contributed by atoms with Crippen LogP contribution in [-0.4, -0.2) is 0 Å². The zero-order chi connectivity index (χ0) is 10.7. The van der Waals surface area contributed by atoms with Gasteiger partial charge in [-0.1, -0.05) is 60.2 Å². The van der Waals surface area contributed by atoms with Gasteiger partial charge in [0.25, 0.3) is 0 Å². The Bertz CT molecular complexity index is 417. The molecule has 0 saturated carbocycles. The number of hydrogen-bond acceptors (Lipinski definition) is 1. The molecule has 0 amide bonds. The third-order valence-corrected chi connectivity index (χ3v) is 2.60. The minimum atomic E-state index is -0.0215. The highest BCUT2D eigenvalue weighted by Gasteiger charge is 2.06. The molecule has 1 atom stereocenters. The van der Waals surface area contributed by atoms with Crippen LogP contribution in [0.15, 0.2) is 54.6 Å². The van der Waals surface area contributed by atoms with Gasteiger partial charge in [0.05, 0.1) is 6.04 Å². The minimum Gasteiger partial charge on any atom is -0.320 e. The summed E-state index contributed by atoms with van der Waals surface area (Å²) in [5.41, 5.74) is 9.74. The summed E-state index contributed by atoms with van der Waals surface area (Å²) in [6.45, 7) is 2.08. The standard InChI is InChI=1S/C14H15N/c1-11-7-9-13(10-8-11)14(15)12-5-3-2-4-6-12/h2-10,14H,15H2,1H3/t14-/m1/s1. The molecule has 0 aromatic heterocycles. The molecule has 2 aromatic rings. The largest absolute Gasteiger partial charge is 0.320 e. The van der Waals surface area contributed by atoms with Crippen molar-refractivity contribution in [3.63, 3.8) is 0 Å². The van der Waals surface area contributed by atoms with Crippen LogP contribution in [-0.2, 0) is 0 Å². The van der Waals surface area contributed by atoms with E-state index in [0.717, 1.165) is 11.1 Å². The number of hydrogen-bond donors (Lipinski definition) is 1. The van der Waals surface area contributed by atoms with Gasteiger partial charge in [0.2, 0.25) is 0 Å². The summed E-state index contributed by atoms with van der Waals surface area (Å²) in [5.74, 6) is 0. The molecule has 0 spiro atoms. The van der Waals surface area contributed by atoms with Gasteiger partial charge in [-0.15, -0.1) is 0 Å². The van der Waals surface area contributed by atoms with Gasteiger partial charge >= 0.3 is 0 Å². The Hall–Kier alpha value is -1.60. The molecule has 76 valence electrons. The van der Waals surface area contributed by atoms with Crippen molar-refractivity contribution < 1.29 is 0 Å². The van der Waals surface area contributed by atoms with Gasteiger partial charge in [0, 0.05) is 0 Å². The Balaban J connectivity index is 2.29. The highest BCUT2D eigenvalue weighted by molar-refractivity contribution is 5.32. The van der Waals surface area contributed by atoms with E-state index in [-0.39, 0.29) is 6.04 Å². The SMILES string of the molecule is Cc1ccc([C@H](N)c2ccccc2)cc1. The third kappa shape index (κ3) is 2.25. The summed E-state index contributed by atoms with van der Waals surface area (Å²) in [4.78, 5) is 0. The highest BCUT2D eigenvalue weighted by Crippen LogP contribution is 2.19. The maximum absolute atomic E-state index is 6.17. The Morgan fingerprint density at radius 2 is 1.33 bits per heavy atom. The Kier molecular flexibility index (Phi) is 2.84. The van der Waals surface area contributed by atoms with Crippen molar-refractivity contribution in [3.05, 3.63) is 71.3 Å². The minimum absolute atomic E-state index is 0.0215. The van der Waals surface area contributed by atoms with Gasteiger partial charge in [0.15, 0.2) is 0 Å². The normalized spacial score (nSPS) is 12.4. The van der Waals surface area contributed by atoms with E-state index in [9.17, 15) is 0 Å². The van der Waals surface area contributed by atoms with Crippen LogP contribution in [0.25, 0.3) is 0 Å². The first-order valence-electron chi connectivity index (χ1n) is 5.14. The van der Waals surface area contributed by atoms with Crippen molar-refractivity contribution in [1.82, 2.24) is 0 Å². The number of benzene rings is 2. The molecule has 2 N–H and O–H groups in total. The molecule has 0 radical (unpaired) electrons. The van der Waals surface area contributed by atoms with E-state index in [0.29, 0.717) is 0 Å². The molecule has 0 aliphatic rings. The maximum Gasteiger partial charge on any atom is 0.0551 e. The number of nitrogens with two attached hydrogens (primary N) is 1. The summed E-state index contributed by atoms with van der Waals surface area (Å²) in [6.07, 6.45) is 0. The van der Waals surface area contributed by atoms with E-state index >= 15 is 0 Å². The Labute approximate surface area is 90.6 Å². The molecule has 1 heteroatoms. The van der Waals surface area contributed by atoms with Crippen molar-refractivity contribution in [2.75, 3.05) is 0 Å². The van der Waals surface area contributed by atoms with Crippen LogP contribution >= 0.6 is 0 Å². The molecular formula is C14H15N. The van der Waals surface area contributed by atoms with E-state index in [1.165, 1.54) is 5.56 Å². The molecule has 0 aliphatic carbocycles. The molecule has 0 heterocycles. The summed E-state index contributed by atoms with van der Waals surface area (Å²) in [7, 11) is 0. The van der Waals surface area contributed by atoms with Crippen molar-refractivity contribution in [2.45, 2.75) is 13.0 Å². The van der Waals surface area contributed by atoms with Gasteiger partial charge < -0.3 is 5.73 Å². The maximum atomic E-state index is 6.17. The highest BCUT2D eigenvalue weighted by atomic mass is 14.6. The predicted molar refractivity (Wildman–Crippen MR) is 63.7 cm³/mol. The number of rotatable bonds is 2. The molecule has 2 aromatic carbocycles. The zero-order valence-electron chi connectivity index (χ0n) is 8.85. The van der Waals surface area contributed by atoms with E-state index in [2.05, 4.69) is 43.3 Å². The molecule has 15 heavy (non-hydrogen) atoms. The predicted octanol–water partition coefficient (Wildman–Crippen LogP) is 3.04. The lowest BCUT2D eigenvalue weighted by molar-refractivity contribution is 0.871. The van der Waals surface area contributed by atoms with Crippen LogP contribution in [0.5, 0.6) is 0 Å². The molecule has 2 rings (SSSR count). The summed E-state index contributed by atoms with van der Waals surface area (Å²) >= 11 is 0. The van der Waals surface area contributed by atoms with Crippen LogP contribution in [0.4, 0.5) is 0 Å². The first kappa shape index (κ1) is 9.94. The van der Waals surface area contributed by atoms with Crippen LogP contribution in [0, 0.1) is 6.92 Å². The first-order valence-corrected chi connectivity index (χ1v) is 5.14. The van der Waals surface area contributed by atoms with E-state index in [1.54, 1.807) is 0 Å². The number of aryl methyl sites for hydroxylation is 1. The molecule has 1 nitrogen and oxygen atoms in total. The lowest BCUT2D eigenvalue weighted by Gasteiger charge is -2.12. The molecule has 0 fully saturated rings. The van der Waals surface area contributed by atoms with Crippen molar-refractivity contribution in [2.24, 2.45) is 5.73 Å². The van der Waals surface area contributed by atoms with E-state index in [1.807, 2.05) is 18.2 Å². The molecule has 0 aliphatic heterocycles. The fraction of sp³-hybridized carbons (Fsp3) is 0.143. The summed E-state index contributed by atoms with van der Waals surface area (Å²) in [6, 6.07) is 18.5. The van der Waals surface area contributed by atoms with Crippen molar-refractivity contribution >= 4 is 0 Å². The molecule has 0 unspecified atom stereocenters. The van der Waals surface area contributed by atoms with Crippen LogP contribution < -0.4 is 5.73 Å². The zero-order valence-corrected chi connectivity index (χ0v) is 8.85. The fourth-order valence-corrected chi connectivity index (χ4v) is 1.63. The first-order chi connectivity index (χ1) is 7.27. The van der Waals surface area contributed by atoms with Gasteiger partial charge in [-0.25, -0.2) is 0 Å². The third-order valence-electron chi connectivity index (χ3n) is 2.60. The topological polar surface area (TPSA) is 26.0 Å². The van der Waals surface area contributed by atoms with Gasteiger partial charge in [-0.2, -0.15) is 0 Å². The van der Waals surface area contributed by atoms with Crippen molar-refractivity contribution in [3.8, 4) is 0 Å². The second-order valence-corrected chi connectivity index (χ2v) is 3.80. The molecule has 0 bridgehead atoms. The summed E-state index contributed by atoms with van der Waals surface area (Å²) < 4.78 is 0. The monoisotopic (exact) mass is 197 g/mol. The molecule has 0 saturated heterocycles. The smallest absolute Gasteiger partial charge is 0.0551 e. The lowest BCUT2D eigenvalue weighted by atomic mass is 9.99. The quantitative estimate of drug-likeness (QED) is 0.786. The average Bonchev–Trinajstić information content (AvgIpc) is 2.30.